The van der Waals surface area contributed by atoms with Gasteiger partial charge in [-0.15, -0.1) is 0 Å². The van der Waals surface area contributed by atoms with Crippen molar-refractivity contribution in [1.29, 1.82) is 0 Å². The molecule has 1 aliphatic rings. The van der Waals surface area contributed by atoms with Gasteiger partial charge in [0.05, 0.1) is 32.4 Å². The molecule has 67 heavy (non-hydrogen) atoms. The number of aryl methyl sites for hydroxylation is 1. The maximum absolute atomic E-state index is 14.6. The number of morpholine rings is 1. The fourth-order valence-electron chi connectivity index (χ4n) is 7.92. The number of nitrogens with one attached hydrogen (secondary N) is 4. The zero-order chi connectivity index (χ0) is 48.4. The first-order valence-electron chi connectivity index (χ1n) is 23.2. The number of aliphatic hydroxyl groups is 1. The topological polar surface area (TPSA) is 192 Å². The third-order valence-corrected chi connectivity index (χ3v) is 14.0. The molecular weight excluding hydrogens is 870 g/mol. The van der Waals surface area contributed by atoms with E-state index in [2.05, 4.69) is 21.3 Å². The zero-order valence-corrected chi connectivity index (χ0v) is 40.3. The van der Waals surface area contributed by atoms with Crippen LogP contribution in [0.5, 0.6) is 0 Å². The molecule has 15 heteroatoms. The highest BCUT2D eigenvalue weighted by molar-refractivity contribution is 7.74. The molecule has 4 aromatic rings. The number of benzene rings is 4. The van der Waals surface area contributed by atoms with Crippen molar-refractivity contribution in [2.24, 2.45) is 11.8 Å². The summed E-state index contributed by atoms with van der Waals surface area (Å²) in [6.07, 6.45) is 1.16. The highest BCUT2D eigenvalue weighted by atomic mass is 31.2. The van der Waals surface area contributed by atoms with Crippen LogP contribution in [0.2, 0.25) is 0 Å². The molecule has 0 bridgehead atoms. The number of rotatable bonds is 25. The molecule has 1 saturated heterocycles. The van der Waals surface area contributed by atoms with Crippen LogP contribution in [0, 0.1) is 11.8 Å². The predicted molar refractivity (Wildman–Crippen MR) is 260 cm³/mol. The van der Waals surface area contributed by atoms with Gasteiger partial charge in [0.1, 0.15) is 23.7 Å². The number of nitrogens with zero attached hydrogens (tertiary/aromatic N) is 1. The van der Waals surface area contributed by atoms with Crippen molar-refractivity contribution in [2.45, 2.75) is 96.5 Å². The van der Waals surface area contributed by atoms with Gasteiger partial charge in [-0.25, -0.2) is 0 Å². The van der Waals surface area contributed by atoms with Gasteiger partial charge in [-0.1, -0.05) is 125 Å². The lowest BCUT2D eigenvalue weighted by Gasteiger charge is -2.31. The van der Waals surface area contributed by atoms with Crippen LogP contribution >= 0.6 is 7.37 Å². The maximum Gasteiger partial charge on any atom is 0.261 e. The van der Waals surface area contributed by atoms with Crippen LogP contribution in [0.3, 0.4) is 0 Å². The van der Waals surface area contributed by atoms with Gasteiger partial charge in [-0.05, 0) is 79.8 Å². The SMILES string of the molecule is CC(C)CC(NC(=O)[C@H](Cc1ccccc1)NC(=O)[C@H](CC(C)C)NC(=O)[C@H](CCc1ccccc1)NC(=O)CN1CCOCC1)C(=O)[C@](C)(O)COP(=O)(c1ccccc1)c1ccccc1. The summed E-state index contributed by atoms with van der Waals surface area (Å²) < 4.78 is 26.1. The van der Waals surface area contributed by atoms with Crippen LogP contribution in [-0.4, -0.2) is 109 Å². The predicted octanol–water partition coefficient (Wildman–Crippen LogP) is 4.49. The van der Waals surface area contributed by atoms with Crippen LogP contribution in [0.4, 0.5) is 0 Å². The summed E-state index contributed by atoms with van der Waals surface area (Å²) in [5.41, 5.74) is -0.497. The molecule has 1 unspecified atom stereocenters. The molecule has 5 atom stereocenters. The Labute approximate surface area is 395 Å². The van der Waals surface area contributed by atoms with Crippen LogP contribution in [0.1, 0.15) is 65.0 Å². The molecule has 0 aromatic heterocycles. The van der Waals surface area contributed by atoms with Gasteiger partial charge in [0.15, 0.2) is 5.78 Å². The number of carbonyl (C=O) groups is 5. The number of hydrogen-bond acceptors (Lipinski definition) is 10. The van der Waals surface area contributed by atoms with E-state index in [-0.39, 0.29) is 50.0 Å². The fourth-order valence-corrected chi connectivity index (χ4v) is 10.1. The summed E-state index contributed by atoms with van der Waals surface area (Å²) >= 11 is 0. The van der Waals surface area contributed by atoms with Gasteiger partial charge < -0.3 is 35.6 Å². The molecule has 0 aliphatic carbocycles. The lowest BCUT2D eigenvalue weighted by atomic mass is 9.90. The Morgan fingerprint density at radius 3 is 1.63 bits per heavy atom. The molecule has 360 valence electrons. The van der Waals surface area contributed by atoms with E-state index in [0.29, 0.717) is 43.3 Å². The van der Waals surface area contributed by atoms with E-state index in [9.17, 15) is 33.6 Å². The van der Waals surface area contributed by atoms with Crippen LogP contribution < -0.4 is 31.9 Å². The Morgan fingerprint density at radius 1 is 0.642 bits per heavy atom. The number of amides is 4. The van der Waals surface area contributed by atoms with Gasteiger partial charge in [-0.3, -0.25) is 33.4 Å². The molecule has 14 nitrogen and oxygen atoms in total. The Hall–Kier alpha value is -5.50. The Kier molecular flexibility index (Phi) is 20.0. The van der Waals surface area contributed by atoms with Crippen molar-refractivity contribution < 1.29 is 42.9 Å². The number of Topliss-reactive ketones (excluding diaryl/α,β-unsaturated/α-hetero) is 1. The average Bonchev–Trinajstić information content (AvgIpc) is 3.32. The molecule has 4 amide bonds. The first-order valence-corrected chi connectivity index (χ1v) is 24.9. The minimum atomic E-state index is -3.79. The lowest BCUT2D eigenvalue weighted by Crippen LogP contribution is -2.60. The quantitative estimate of drug-likeness (QED) is 0.0592. The first kappa shape index (κ1) is 52.5. The summed E-state index contributed by atoms with van der Waals surface area (Å²) in [7, 11) is -3.79. The van der Waals surface area contributed by atoms with Crippen LogP contribution in [0.15, 0.2) is 121 Å². The standard InChI is InChI=1S/C52H68N5O9P/c1-37(2)32-44(48(59)52(5,63)36-66-67(64,41-22-14-8-15-23-41)42-24-16-9-17-25-42)54-51(62)46(34-40-20-12-7-13-21-40)56-50(61)45(33-38(3)4)55-49(60)43(27-26-39-18-10-6-11-19-39)53-47(58)35-57-28-30-65-31-29-57/h6-25,37-38,43-46,63H,26-36H2,1-5H3,(H,53,58)(H,54,62)(H,55,60)(H,56,61)/t43-,44?,45-,46-,52+/m0/s1. The second kappa shape index (κ2) is 25.6. The molecule has 4 aromatic carbocycles. The molecule has 1 aliphatic heterocycles. The molecule has 1 heterocycles. The molecule has 5 rings (SSSR count). The highest BCUT2D eigenvalue weighted by Gasteiger charge is 2.41. The largest absolute Gasteiger partial charge is 0.380 e. The van der Waals surface area contributed by atoms with Crippen molar-refractivity contribution in [3.63, 3.8) is 0 Å². The third kappa shape index (κ3) is 16.4. The molecule has 0 spiro atoms. The van der Waals surface area contributed by atoms with Crippen molar-refractivity contribution in [2.75, 3.05) is 39.5 Å². The van der Waals surface area contributed by atoms with E-state index in [0.717, 1.165) is 11.1 Å². The third-order valence-electron chi connectivity index (χ3n) is 11.5. The summed E-state index contributed by atoms with van der Waals surface area (Å²) in [6.45, 7) is 10.5. The van der Waals surface area contributed by atoms with Crippen molar-refractivity contribution >= 4 is 47.4 Å². The summed E-state index contributed by atoms with van der Waals surface area (Å²) in [5.74, 6) is -3.10. The monoisotopic (exact) mass is 937 g/mol. The fraction of sp³-hybridized carbons (Fsp3) is 0.442. The minimum absolute atomic E-state index is 0.0392. The van der Waals surface area contributed by atoms with E-state index >= 15 is 0 Å². The number of ether oxygens (including phenoxy) is 1. The minimum Gasteiger partial charge on any atom is -0.380 e. The van der Waals surface area contributed by atoms with Gasteiger partial charge in [0.25, 0.3) is 7.37 Å². The summed E-state index contributed by atoms with van der Waals surface area (Å²) in [5, 5.41) is 24.1. The molecule has 5 N–H and O–H groups in total. The second-order valence-electron chi connectivity index (χ2n) is 18.3. The number of carbonyl (C=O) groups excluding carboxylic acids is 5. The first-order chi connectivity index (χ1) is 32.0. The molecule has 1 fully saturated rings. The van der Waals surface area contributed by atoms with E-state index in [1.807, 2.05) is 93.3 Å². The lowest BCUT2D eigenvalue weighted by molar-refractivity contribution is -0.143. The highest BCUT2D eigenvalue weighted by Crippen LogP contribution is 2.45. The smallest absolute Gasteiger partial charge is 0.261 e. The molecule has 0 saturated carbocycles. The van der Waals surface area contributed by atoms with Gasteiger partial charge in [0.2, 0.25) is 23.6 Å². The molecule has 0 radical (unpaired) electrons. The number of ketones is 1. The van der Waals surface area contributed by atoms with Gasteiger partial charge >= 0.3 is 0 Å². The molecular formula is C52H68N5O9P. The van der Waals surface area contributed by atoms with E-state index in [4.69, 9.17) is 9.26 Å². The summed E-state index contributed by atoms with van der Waals surface area (Å²) in [4.78, 5) is 72.8. The second-order valence-corrected chi connectivity index (χ2v) is 20.7. The normalized spacial score (nSPS) is 15.9. The van der Waals surface area contributed by atoms with Crippen molar-refractivity contribution in [1.82, 2.24) is 26.2 Å². The zero-order valence-electron chi connectivity index (χ0n) is 39.4. The van der Waals surface area contributed by atoms with Crippen molar-refractivity contribution in [3.05, 3.63) is 132 Å². The maximum atomic E-state index is 14.6. The Balaban J connectivity index is 1.35. The van der Waals surface area contributed by atoms with Crippen LogP contribution in [-0.2, 0) is 50.6 Å². The Morgan fingerprint density at radius 2 is 1.09 bits per heavy atom. The van der Waals surface area contributed by atoms with Gasteiger partial charge in [0, 0.05) is 30.1 Å². The average molecular weight is 938 g/mol. The van der Waals surface area contributed by atoms with Gasteiger partial charge in [-0.2, -0.15) is 0 Å². The van der Waals surface area contributed by atoms with E-state index in [1.54, 1.807) is 60.7 Å². The Bertz CT molecular complexity index is 2200. The van der Waals surface area contributed by atoms with E-state index in [1.165, 1.54) is 6.92 Å². The number of hydrogen-bond donors (Lipinski definition) is 5. The summed E-state index contributed by atoms with van der Waals surface area (Å²) in [6, 6.07) is 31.3. The van der Waals surface area contributed by atoms with Crippen molar-refractivity contribution in [3.8, 4) is 0 Å². The van der Waals surface area contributed by atoms with Crippen LogP contribution in [0.25, 0.3) is 0 Å². The van der Waals surface area contributed by atoms with E-state index < -0.39 is 67.2 Å².